The lowest BCUT2D eigenvalue weighted by Crippen LogP contribution is -2.28. The summed E-state index contributed by atoms with van der Waals surface area (Å²) >= 11 is 0. The normalized spacial score (nSPS) is 17.0. The molecule has 1 unspecified atom stereocenters. The molecule has 2 aromatic rings. The molecule has 1 fully saturated rings. The van der Waals surface area contributed by atoms with Crippen LogP contribution in [-0.4, -0.2) is 18.4 Å². The lowest BCUT2D eigenvalue weighted by atomic mass is 10.1. The van der Waals surface area contributed by atoms with Gasteiger partial charge in [0.15, 0.2) is 0 Å². The molecule has 0 bridgehead atoms. The Balaban J connectivity index is 1.75. The summed E-state index contributed by atoms with van der Waals surface area (Å²) in [5.74, 6) is -1.02. The summed E-state index contributed by atoms with van der Waals surface area (Å²) in [5, 5.41) is 2.81. The number of rotatable bonds is 3. The second kappa shape index (κ2) is 6.67. The van der Waals surface area contributed by atoms with Crippen LogP contribution in [0, 0.1) is 32.5 Å². The van der Waals surface area contributed by atoms with Crippen molar-refractivity contribution >= 4 is 23.2 Å². The molecule has 1 saturated heterocycles. The van der Waals surface area contributed by atoms with Crippen molar-refractivity contribution in [1.82, 2.24) is 0 Å². The number of nitrogens with one attached hydrogen (secondary N) is 1. The number of nitrogens with zero attached hydrogens (tertiary/aromatic N) is 1. The summed E-state index contributed by atoms with van der Waals surface area (Å²) in [6.45, 7) is 6.07. The smallest absolute Gasteiger partial charge is 0.229 e. The molecule has 0 aliphatic carbocycles. The minimum Gasteiger partial charge on any atom is -0.326 e. The van der Waals surface area contributed by atoms with Crippen LogP contribution in [0.3, 0.4) is 0 Å². The fourth-order valence-corrected chi connectivity index (χ4v) is 3.15. The van der Waals surface area contributed by atoms with Gasteiger partial charge in [-0.3, -0.25) is 9.59 Å². The molecule has 0 saturated carbocycles. The van der Waals surface area contributed by atoms with E-state index >= 15 is 0 Å². The zero-order valence-electron chi connectivity index (χ0n) is 14.6. The molecule has 0 spiro atoms. The topological polar surface area (TPSA) is 49.4 Å². The van der Waals surface area contributed by atoms with Crippen LogP contribution in [0.5, 0.6) is 0 Å². The van der Waals surface area contributed by atoms with Gasteiger partial charge in [0.2, 0.25) is 11.8 Å². The number of benzene rings is 2. The van der Waals surface area contributed by atoms with Crippen LogP contribution in [-0.2, 0) is 9.59 Å². The highest BCUT2D eigenvalue weighted by molar-refractivity contribution is 6.04. The van der Waals surface area contributed by atoms with Gasteiger partial charge < -0.3 is 10.2 Å². The molecule has 1 aliphatic rings. The number of amides is 2. The Morgan fingerprint density at radius 3 is 2.64 bits per heavy atom. The molecule has 1 heterocycles. The first kappa shape index (κ1) is 17.1. The molecular formula is C20H21FN2O2. The van der Waals surface area contributed by atoms with Crippen molar-refractivity contribution in [3.05, 3.63) is 58.9 Å². The number of carbonyl (C=O) groups is 2. The molecular weight excluding hydrogens is 319 g/mol. The van der Waals surface area contributed by atoms with E-state index in [4.69, 9.17) is 0 Å². The number of aryl methyl sites for hydroxylation is 2. The van der Waals surface area contributed by atoms with Gasteiger partial charge in [0.25, 0.3) is 0 Å². The van der Waals surface area contributed by atoms with Gasteiger partial charge in [0.05, 0.1) is 5.92 Å². The predicted molar refractivity (Wildman–Crippen MR) is 96.1 cm³/mol. The number of halogens is 1. The summed E-state index contributed by atoms with van der Waals surface area (Å²) in [7, 11) is 0. The monoisotopic (exact) mass is 340 g/mol. The Labute approximate surface area is 146 Å². The molecule has 5 heteroatoms. The quantitative estimate of drug-likeness (QED) is 0.925. The summed E-state index contributed by atoms with van der Waals surface area (Å²) in [6.07, 6.45) is 0.180. The van der Waals surface area contributed by atoms with E-state index in [1.165, 1.54) is 12.1 Å². The Kier molecular flexibility index (Phi) is 4.57. The van der Waals surface area contributed by atoms with Crippen LogP contribution in [0.15, 0.2) is 36.4 Å². The van der Waals surface area contributed by atoms with E-state index in [1.54, 1.807) is 17.9 Å². The van der Waals surface area contributed by atoms with E-state index in [1.807, 2.05) is 32.0 Å². The van der Waals surface area contributed by atoms with Crippen LogP contribution < -0.4 is 10.2 Å². The number of anilines is 2. The van der Waals surface area contributed by atoms with E-state index < -0.39 is 5.92 Å². The van der Waals surface area contributed by atoms with Gasteiger partial charge >= 0.3 is 0 Å². The van der Waals surface area contributed by atoms with Crippen molar-refractivity contribution in [2.75, 3.05) is 16.8 Å². The minimum atomic E-state index is -0.420. The Hall–Kier alpha value is -2.69. The van der Waals surface area contributed by atoms with Crippen molar-refractivity contribution < 1.29 is 14.0 Å². The van der Waals surface area contributed by atoms with Gasteiger partial charge in [-0.2, -0.15) is 0 Å². The largest absolute Gasteiger partial charge is 0.326 e. The molecule has 3 rings (SSSR count). The zero-order valence-corrected chi connectivity index (χ0v) is 14.6. The highest BCUT2D eigenvalue weighted by Gasteiger charge is 2.35. The maximum atomic E-state index is 13.2. The SMILES string of the molecule is Cc1cc(F)ccc1NC(=O)C1CC(=O)N(c2cccc(C)c2C)C1. The second-order valence-electron chi connectivity index (χ2n) is 6.57. The van der Waals surface area contributed by atoms with Crippen LogP contribution in [0.25, 0.3) is 0 Å². The maximum absolute atomic E-state index is 13.2. The Morgan fingerprint density at radius 2 is 1.92 bits per heavy atom. The van der Waals surface area contributed by atoms with Crippen LogP contribution in [0.1, 0.15) is 23.1 Å². The third-order valence-electron chi connectivity index (χ3n) is 4.81. The fraction of sp³-hybridized carbons (Fsp3) is 0.300. The Morgan fingerprint density at radius 1 is 1.16 bits per heavy atom. The lowest BCUT2D eigenvalue weighted by molar-refractivity contribution is -0.122. The van der Waals surface area contributed by atoms with Crippen molar-refractivity contribution in [1.29, 1.82) is 0 Å². The predicted octanol–water partition coefficient (Wildman–Crippen LogP) is 3.74. The molecule has 2 amide bonds. The maximum Gasteiger partial charge on any atom is 0.229 e. The molecule has 1 atom stereocenters. The summed E-state index contributed by atoms with van der Waals surface area (Å²) in [6, 6.07) is 10.1. The fourth-order valence-electron chi connectivity index (χ4n) is 3.15. The second-order valence-corrected chi connectivity index (χ2v) is 6.57. The average Bonchev–Trinajstić information content (AvgIpc) is 2.94. The van der Waals surface area contributed by atoms with E-state index in [-0.39, 0.29) is 24.1 Å². The first-order valence-corrected chi connectivity index (χ1v) is 8.30. The molecule has 1 N–H and O–H groups in total. The molecule has 0 aromatic heterocycles. The first-order chi connectivity index (χ1) is 11.9. The molecule has 130 valence electrons. The molecule has 2 aromatic carbocycles. The summed E-state index contributed by atoms with van der Waals surface area (Å²) in [5.41, 5.74) is 4.25. The number of hydrogen-bond acceptors (Lipinski definition) is 2. The van der Waals surface area contributed by atoms with Gasteiger partial charge in [0, 0.05) is 24.3 Å². The van der Waals surface area contributed by atoms with Gasteiger partial charge in [-0.15, -0.1) is 0 Å². The first-order valence-electron chi connectivity index (χ1n) is 8.30. The highest BCUT2D eigenvalue weighted by atomic mass is 19.1. The van der Waals surface area contributed by atoms with Crippen LogP contribution in [0.4, 0.5) is 15.8 Å². The van der Waals surface area contributed by atoms with Crippen molar-refractivity contribution in [3.8, 4) is 0 Å². The van der Waals surface area contributed by atoms with E-state index in [2.05, 4.69) is 5.32 Å². The highest BCUT2D eigenvalue weighted by Crippen LogP contribution is 2.30. The van der Waals surface area contributed by atoms with Gasteiger partial charge in [0.1, 0.15) is 5.82 Å². The van der Waals surface area contributed by atoms with E-state index in [0.717, 1.165) is 16.8 Å². The lowest BCUT2D eigenvalue weighted by Gasteiger charge is -2.20. The van der Waals surface area contributed by atoms with Crippen molar-refractivity contribution in [3.63, 3.8) is 0 Å². The molecule has 0 radical (unpaired) electrons. The van der Waals surface area contributed by atoms with E-state index in [0.29, 0.717) is 17.8 Å². The molecule has 4 nitrogen and oxygen atoms in total. The number of hydrogen-bond donors (Lipinski definition) is 1. The van der Waals surface area contributed by atoms with Crippen LogP contribution >= 0.6 is 0 Å². The standard InChI is InChI=1S/C20H21FN2O2/c1-12-5-4-6-18(14(12)3)23-11-15(10-19(23)24)20(25)22-17-8-7-16(21)9-13(17)2/h4-9,15H,10-11H2,1-3H3,(H,22,25). The van der Waals surface area contributed by atoms with Gasteiger partial charge in [-0.05, 0) is 61.7 Å². The third kappa shape index (κ3) is 3.40. The average molecular weight is 340 g/mol. The minimum absolute atomic E-state index is 0.0512. The van der Waals surface area contributed by atoms with E-state index in [9.17, 15) is 14.0 Å². The Bertz CT molecular complexity index is 848. The number of carbonyl (C=O) groups excluding carboxylic acids is 2. The van der Waals surface area contributed by atoms with Gasteiger partial charge in [-0.25, -0.2) is 4.39 Å². The van der Waals surface area contributed by atoms with Gasteiger partial charge in [-0.1, -0.05) is 12.1 Å². The zero-order chi connectivity index (χ0) is 18.1. The molecule has 1 aliphatic heterocycles. The third-order valence-corrected chi connectivity index (χ3v) is 4.81. The van der Waals surface area contributed by atoms with Crippen molar-refractivity contribution in [2.45, 2.75) is 27.2 Å². The summed E-state index contributed by atoms with van der Waals surface area (Å²) in [4.78, 5) is 26.6. The van der Waals surface area contributed by atoms with Crippen LogP contribution in [0.2, 0.25) is 0 Å². The van der Waals surface area contributed by atoms with Crippen molar-refractivity contribution in [2.24, 2.45) is 5.92 Å². The summed E-state index contributed by atoms with van der Waals surface area (Å²) < 4.78 is 13.2. The molecule has 25 heavy (non-hydrogen) atoms.